The first-order valence-electron chi connectivity index (χ1n) is 8.02. The summed E-state index contributed by atoms with van der Waals surface area (Å²) in [5.41, 5.74) is 0.0331. The topological polar surface area (TPSA) is 122 Å². The smallest absolute Gasteiger partial charge is 0.280 e. The summed E-state index contributed by atoms with van der Waals surface area (Å²) in [6.07, 6.45) is 1.28. The number of aromatic nitrogens is 4. The standard InChI is InChI=1S/C15H21N5O4/c1-4-9-8(21)5-10(24-9)20-6-16-11-12(20)17-15(19-14(11)23)18-13(22)7(2)3/h6-10,21H,4-5H2,1-3H3,(H2,17,18,19,22,23)/t8-,9-,10-/m1/s1. The van der Waals surface area contributed by atoms with Gasteiger partial charge in [-0.1, -0.05) is 20.8 Å². The van der Waals surface area contributed by atoms with E-state index < -0.39 is 17.9 Å². The van der Waals surface area contributed by atoms with E-state index >= 15 is 0 Å². The molecule has 3 heterocycles. The summed E-state index contributed by atoms with van der Waals surface area (Å²) in [6, 6.07) is 0. The van der Waals surface area contributed by atoms with Gasteiger partial charge in [-0.2, -0.15) is 4.98 Å². The molecule has 1 aliphatic heterocycles. The predicted octanol–water partition coefficient (Wildman–Crippen LogP) is 0.772. The van der Waals surface area contributed by atoms with Crippen LogP contribution in [0.1, 0.15) is 39.8 Å². The third-order valence-electron chi connectivity index (χ3n) is 4.12. The Morgan fingerprint density at radius 1 is 1.58 bits per heavy atom. The molecule has 1 amide bonds. The monoisotopic (exact) mass is 335 g/mol. The van der Waals surface area contributed by atoms with E-state index in [0.29, 0.717) is 18.5 Å². The third-order valence-corrected chi connectivity index (χ3v) is 4.12. The highest BCUT2D eigenvalue weighted by Crippen LogP contribution is 2.31. The molecule has 3 atom stereocenters. The van der Waals surface area contributed by atoms with Crippen LogP contribution in [0.2, 0.25) is 0 Å². The normalized spacial score (nSPS) is 24.0. The maximum Gasteiger partial charge on any atom is 0.280 e. The van der Waals surface area contributed by atoms with Crippen LogP contribution in [0.15, 0.2) is 11.1 Å². The lowest BCUT2D eigenvalue weighted by Gasteiger charge is -2.14. The molecule has 0 saturated carbocycles. The van der Waals surface area contributed by atoms with Gasteiger partial charge in [-0.15, -0.1) is 0 Å². The Labute approximate surface area is 138 Å². The largest absolute Gasteiger partial charge is 0.390 e. The number of carbonyl (C=O) groups excluding carboxylic acids is 1. The Balaban J connectivity index is 1.97. The lowest BCUT2D eigenvalue weighted by molar-refractivity contribution is -0.118. The molecule has 1 saturated heterocycles. The minimum absolute atomic E-state index is 0.0681. The molecule has 0 spiro atoms. The molecule has 3 N–H and O–H groups in total. The van der Waals surface area contributed by atoms with Crippen LogP contribution in [0.5, 0.6) is 0 Å². The van der Waals surface area contributed by atoms with Crippen molar-refractivity contribution < 1.29 is 14.6 Å². The lowest BCUT2D eigenvalue weighted by Crippen LogP contribution is -2.22. The van der Waals surface area contributed by atoms with Crippen molar-refractivity contribution in [3.8, 4) is 0 Å². The summed E-state index contributed by atoms with van der Waals surface area (Å²) in [7, 11) is 0. The van der Waals surface area contributed by atoms with E-state index in [2.05, 4.69) is 20.3 Å². The second-order valence-corrected chi connectivity index (χ2v) is 6.22. The van der Waals surface area contributed by atoms with Crippen LogP contribution in [-0.2, 0) is 9.53 Å². The minimum Gasteiger partial charge on any atom is -0.390 e. The van der Waals surface area contributed by atoms with Crippen molar-refractivity contribution >= 4 is 23.0 Å². The van der Waals surface area contributed by atoms with Gasteiger partial charge in [-0.05, 0) is 6.42 Å². The summed E-state index contributed by atoms with van der Waals surface area (Å²) in [5.74, 6) is -0.421. The zero-order valence-corrected chi connectivity index (χ0v) is 13.8. The SMILES string of the molecule is CC[C@H]1O[C@@H](n2cnc3c(=O)[nH]c(NC(=O)C(C)C)nc32)C[C@H]1O. The van der Waals surface area contributed by atoms with Gasteiger partial charge in [0.1, 0.15) is 6.23 Å². The van der Waals surface area contributed by atoms with E-state index in [1.54, 1.807) is 18.4 Å². The van der Waals surface area contributed by atoms with E-state index in [1.807, 2.05) is 6.92 Å². The highest BCUT2D eigenvalue weighted by atomic mass is 16.5. The number of aliphatic hydroxyl groups is 1. The minimum atomic E-state index is -0.570. The number of nitrogens with zero attached hydrogens (tertiary/aromatic N) is 3. The molecular formula is C15H21N5O4. The molecule has 9 heteroatoms. The highest BCUT2D eigenvalue weighted by Gasteiger charge is 2.34. The van der Waals surface area contributed by atoms with E-state index in [4.69, 9.17) is 4.74 Å². The quantitative estimate of drug-likeness (QED) is 0.758. The van der Waals surface area contributed by atoms with Crippen LogP contribution < -0.4 is 10.9 Å². The third kappa shape index (κ3) is 2.92. The van der Waals surface area contributed by atoms with Crippen LogP contribution in [-0.4, -0.2) is 42.7 Å². The summed E-state index contributed by atoms with van der Waals surface area (Å²) in [4.78, 5) is 34.8. The summed E-state index contributed by atoms with van der Waals surface area (Å²) in [6.45, 7) is 5.43. The highest BCUT2D eigenvalue weighted by molar-refractivity contribution is 5.91. The number of nitrogens with one attached hydrogen (secondary N) is 2. The zero-order chi connectivity index (χ0) is 17.4. The molecule has 3 rings (SSSR count). The Morgan fingerprint density at radius 3 is 2.96 bits per heavy atom. The summed E-state index contributed by atoms with van der Waals surface area (Å²) in [5, 5.41) is 12.6. The van der Waals surface area contributed by atoms with Gasteiger partial charge in [0.15, 0.2) is 11.2 Å². The Morgan fingerprint density at radius 2 is 2.33 bits per heavy atom. The van der Waals surface area contributed by atoms with Crippen molar-refractivity contribution in [2.45, 2.75) is 52.0 Å². The fourth-order valence-corrected chi connectivity index (χ4v) is 2.71. The van der Waals surface area contributed by atoms with Crippen LogP contribution in [0.4, 0.5) is 5.95 Å². The Bertz CT molecular complexity index is 812. The molecule has 0 aromatic carbocycles. The number of aliphatic hydroxyl groups excluding tert-OH is 1. The van der Waals surface area contributed by atoms with Crippen molar-refractivity contribution in [3.05, 3.63) is 16.7 Å². The second kappa shape index (κ2) is 6.33. The maximum atomic E-state index is 12.2. The molecule has 0 unspecified atom stereocenters. The van der Waals surface area contributed by atoms with Gasteiger partial charge in [0, 0.05) is 12.3 Å². The zero-order valence-electron chi connectivity index (χ0n) is 13.8. The van der Waals surface area contributed by atoms with Crippen LogP contribution in [0.25, 0.3) is 11.2 Å². The van der Waals surface area contributed by atoms with Gasteiger partial charge < -0.3 is 9.84 Å². The number of carbonyl (C=O) groups is 1. The van der Waals surface area contributed by atoms with E-state index in [9.17, 15) is 14.7 Å². The van der Waals surface area contributed by atoms with Gasteiger partial charge in [0.05, 0.1) is 18.5 Å². The molecule has 0 bridgehead atoms. The lowest BCUT2D eigenvalue weighted by atomic mass is 10.1. The Kier molecular flexibility index (Phi) is 4.37. The molecule has 0 radical (unpaired) electrons. The molecule has 0 aliphatic carbocycles. The first-order chi connectivity index (χ1) is 11.4. The van der Waals surface area contributed by atoms with E-state index in [1.165, 1.54) is 6.33 Å². The van der Waals surface area contributed by atoms with Crippen molar-refractivity contribution in [2.75, 3.05) is 5.32 Å². The van der Waals surface area contributed by atoms with Gasteiger partial charge in [0.2, 0.25) is 11.9 Å². The molecule has 1 aliphatic rings. The van der Waals surface area contributed by atoms with E-state index in [0.717, 1.165) is 0 Å². The van der Waals surface area contributed by atoms with Gasteiger partial charge in [-0.3, -0.25) is 24.5 Å². The summed E-state index contributed by atoms with van der Waals surface area (Å²) >= 11 is 0. The fourth-order valence-electron chi connectivity index (χ4n) is 2.71. The molecule has 130 valence electrons. The molecule has 1 fully saturated rings. The maximum absolute atomic E-state index is 12.2. The van der Waals surface area contributed by atoms with Gasteiger partial charge in [-0.25, -0.2) is 4.98 Å². The van der Waals surface area contributed by atoms with Crippen molar-refractivity contribution in [3.63, 3.8) is 0 Å². The van der Waals surface area contributed by atoms with Crippen LogP contribution in [0.3, 0.4) is 0 Å². The number of aromatic amines is 1. The average molecular weight is 335 g/mol. The van der Waals surface area contributed by atoms with Gasteiger partial charge in [0.25, 0.3) is 5.56 Å². The molecule has 2 aromatic rings. The number of hydrogen-bond acceptors (Lipinski definition) is 6. The van der Waals surface area contributed by atoms with Crippen molar-refractivity contribution in [1.82, 2.24) is 19.5 Å². The fraction of sp³-hybridized carbons (Fsp3) is 0.600. The molecule has 24 heavy (non-hydrogen) atoms. The first kappa shape index (κ1) is 16.6. The number of amides is 1. The average Bonchev–Trinajstić information content (AvgIpc) is 3.10. The predicted molar refractivity (Wildman–Crippen MR) is 86.4 cm³/mol. The van der Waals surface area contributed by atoms with Gasteiger partial charge >= 0.3 is 0 Å². The number of fused-ring (bicyclic) bond motifs is 1. The number of ether oxygens (including phenoxy) is 1. The molecular weight excluding hydrogens is 314 g/mol. The van der Waals surface area contributed by atoms with Crippen LogP contribution >= 0.6 is 0 Å². The Hall–Kier alpha value is -2.26. The number of anilines is 1. The van der Waals surface area contributed by atoms with Crippen LogP contribution in [0, 0.1) is 5.92 Å². The number of imidazole rings is 1. The number of hydrogen-bond donors (Lipinski definition) is 3. The van der Waals surface area contributed by atoms with Crippen molar-refractivity contribution in [2.24, 2.45) is 5.92 Å². The second-order valence-electron chi connectivity index (χ2n) is 6.22. The summed E-state index contributed by atoms with van der Waals surface area (Å²) < 4.78 is 7.43. The molecule has 2 aromatic heterocycles. The van der Waals surface area contributed by atoms with E-state index in [-0.39, 0.29) is 29.4 Å². The first-order valence-corrected chi connectivity index (χ1v) is 8.02. The number of rotatable bonds is 4. The number of H-pyrrole nitrogens is 1. The molecule has 9 nitrogen and oxygen atoms in total. The van der Waals surface area contributed by atoms with Crippen molar-refractivity contribution in [1.29, 1.82) is 0 Å².